The molecule has 0 aliphatic heterocycles. The first-order valence-electron chi connectivity index (χ1n) is 9.26. The fourth-order valence-corrected chi connectivity index (χ4v) is 3.00. The zero-order valence-corrected chi connectivity index (χ0v) is 16.8. The number of nitrogens with one attached hydrogen (secondary N) is 1. The maximum atomic E-state index is 12.8. The lowest BCUT2D eigenvalue weighted by Crippen LogP contribution is -2.41. The van der Waals surface area contributed by atoms with Crippen LogP contribution in [-0.2, 0) is 11.3 Å². The Bertz CT molecular complexity index is 978. The number of amides is 1. The SMILES string of the molecule is CCCCn1c(N)c(N(CCC)C(=O)/C=C/c2cccc(Cl)c2)c(=O)[nH]c1=O. The standard InChI is InChI=1S/C20H25ClN4O3/c1-3-5-12-25-18(22)17(19(27)23-20(25)28)24(11-4-2)16(26)10-9-14-7-6-8-15(21)13-14/h6-10,13H,3-5,11-12,22H2,1-2H3,(H,23,27,28)/b10-9+. The van der Waals surface area contributed by atoms with E-state index >= 15 is 0 Å². The number of nitrogens with two attached hydrogens (primary N) is 1. The van der Waals surface area contributed by atoms with Gasteiger partial charge in [-0.05, 0) is 36.6 Å². The summed E-state index contributed by atoms with van der Waals surface area (Å²) in [5.41, 5.74) is 5.64. The number of carbonyl (C=O) groups excluding carboxylic acids is 1. The number of nitrogen functional groups attached to an aromatic ring is 1. The molecule has 0 saturated heterocycles. The number of carbonyl (C=O) groups is 1. The summed E-state index contributed by atoms with van der Waals surface area (Å²) in [5, 5.41) is 0.559. The van der Waals surface area contributed by atoms with E-state index in [1.807, 2.05) is 19.9 Å². The minimum Gasteiger partial charge on any atom is -0.383 e. The number of rotatable bonds is 8. The molecule has 1 aromatic heterocycles. The Balaban J connectivity index is 2.43. The second-order valence-corrected chi connectivity index (χ2v) is 6.81. The molecule has 0 atom stereocenters. The van der Waals surface area contributed by atoms with Crippen molar-refractivity contribution in [1.82, 2.24) is 9.55 Å². The van der Waals surface area contributed by atoms with E-state index in [1.165, 1.54) is 15.5 Å². The van der Waals surface area contributed by atoms with E-state index in [0.29, 0.717) is 18.0 Å². The second-order valence-electron chi connectivity index (χ2n) is 6.38. The fourth-order valence-electron chi connectivity index (χ4n) is 2.80. The molecule has 0 saturated carbocycles. The smallest absolute Gasteiger partial charge is 0.330 e. The second kappa shape index (κ2) is 9.94. The number of aromatic nitrogens is 2. The van der Waals surface area contributed by atoms with Gasteiger partial charge in [0.25, 0.3) is 11.5 Å². The summed E-state index contributed by atoms with van der Waals surface area (Å²) in [6, 6.07) is 7.06. The summed E-state index contributed by atoms with van der Waals surface area (Å²) in [5.74, 6) is -0.403. The highest BCUT2D eigenvalue weighted by molar-refractivity contribution is 6.30. The van der Waals surface area contributed by atoms with Crippen LogP contribution < -0.4 is 21.9 Å². The van der Waals surface area contributed by atoms with Crippen LogP contribution in [0, 0.1) is 0 Å². The molecule has 1 heterocycles. The number of anilines is 2. The van der Waals surface area contributed by atoms with Crippen molar-refractivity contribution in [2.45, 2.75) is 39.7 Å². The minimum absolute atomic E-state index is 0.000144. The van der Waals surface area contributed by atoms with Crippen LogP contribution >= 0.6 is 11.6 Å². The van der Waals surface area contributed by atoms with E-state index in [9.17, 15) is 14.4 Å². The Hall–Kier alpha value is -2.80. The number of benzene rings is 1. The highest BCUT2D eigenvalue weighted by Crippen LogP contribution is 2.19. The van der Waals surface area contributed by atoms with Gasteiger partial charge in [0, 0.05) is 24.2 Å². The number of hydrogen-bond donors (Lipinski definition) is 2. The van der Waals surface area contributed by atoms with Crippen molar-refractivity contribution in [2.75, 3.05) is 17.2 Å². The van der Waals surface area contributed by atoms with E-state index in [0.717, 1.165) is 18.4 Å². The topological polar surface area (TPSA) is 101 Å². The van der Waals surface area contributed by atoms with Gasteiger partial charge in [0.15, 0.2) is 5.69 Å². The Kier molecular flexibility index (Phi) is 7.63. The fraction of sp³-hybridized carbons (Fsp3) is 0.350. The van der Waals surface area contributed by atoms with Gasteiger partial charge in [0.05, 0.1) is 0 Å². The Morgan fingerprint density at radius 1 is 1.29 bits per heavy atom. The van der Waals surface area contributed by atoms with Gasteiger partial charge >= 0.3 is 5.69 Å². The molecule has 0 fully saturated rings. The molecule has 1 aromatic carbocycles. The highest BCUT2D eigenvalue weighted by atomic mass is 35.5. The third kappa shape index (κ3) is 5.13. The van der Waals surface area contributed by atoms with Gasteiger partial charge in [-0.15, -0.1) is 0 Å². The van der Waals surface area contributed by atoms with Crippen molar-refractivity contribution in [3.63, 3.8) is 0 Å². The number of hydrogen-bond acceptors (Lipinski definition) is 4. The van der Waals surface area contributed by atoms with Gasteiger partial charge in [-0.3, -0.25) is 19.1 Å². The molecule has 0 unspecified atom stereocenters. The lowest BCUT2D eigenvalue weighted by molar-refractivity contribution is -0.114. The van der Waals surface area contributed by atoms with Gasteiger partial charge in [0.2, 0.25) is 0 Å². The van der Waals surface area contributed by atoms with Gasteiger partial charge in [-0.2, -0.15) is 0 Å². The minimum atomic E-state index is -0.673. The summed E-state index contributed by atoms with van der Waals surface area (Å²) in [4.78, 5) is 40.9. The number of aromatic amines is 1. The molecule has 1 amide bonds. The molecule has 0 radical (unpaired) electrons. The van der Waals surface area contributed by atoms with Gasteiger partial charge in [-0.1, -0.05) is 44.0 Å². The Labute approximate surface area is 168 Å². The highest BCUT2D eigenvalue weighted by Gasteiger charge is 2.22. The van der Waals surface area contributed by atoms with Crippen LogP contribution in [0.15, 0.2) is 39.9 Å². The summed E-state index contributed by atoms with van der Waals surface area (Å²) in [7, 11) is 0. The molecule has 0 aliphatic carbocycles. The van der Waals surface area contributed by atoms with E-state index in [2.05, 4.69) is 4.98 Å². The lowest BCUT2D eigenvalue weighted by atomic mass is 10.2. The molecule has 0 aliphatic rings. The van der Waals surface area contributed by atoms with Gasteiger partial charge in [0.1, 0.15) is 5.82 Å². The van der Waals surface area contributed by atoms with Crippen molar-refractivity contribution in [3.05, 3.63) is 61.8 Å². The third-order valence-corrected chi connectivity index (χ3v) is 4.43. The molecule has 150 valence electrons. The molecule has 7 nitrogen and oxygen atoms in total. The van der Waals surface area contributed by atoms with Crippen LogP contribution in [0.5, 0.6) is 0 Å². The molecule has 3 N–H and O–H groups in total. The van der Waals surface area contributed by atoms with Gasteiger partial charge in [-0.25, -0.2) is 4.79 Å². The predicted octanol–water partition coefficient (Wildman–Crippen LogP) is 3.03. The Morgan fingerprint density at radius 2 is 2.04 bits per heavy atom. The van der Waals surface area contributed by atoms with Crippen LogP contribution in [0.3, 0.4) is 0 Å². The predicted molar refractivity (Wildman–Crippen MR) is 114 cm³/mol. The molecular weight excluding hydrogens is 380 g/mol. The monoisotopic (exact) mass is 404 g/mol. The largest absolute Gasteiger partial charge is 0.383 e. The zero-order chi connectivity index (χ0) is 20.7. The van der Waals surface area contributed by atoms with Crippen molar-refractivity contribution in [2.24, 2.45) is 0 Å². The summed E-state index contributed by atoms with van der Waals surface area (Å²) in [6.07, 6.45) is 5.19. The third-order valence-electron chi connectivity index (χ3n) is 4.20. The van der Waals surface area contributed by atoms with Crippen molar-refractivity contribution < 1.29 is 4.79 Å². The first-order valence-corrected chi connectivity index (χ1v) is 9.64. The van der Waals surface area contributed by atoms with E-state index in [4.69, 9.17) is 17.3 Å². The number of H-pyrrole nitrogens is 1. The molecule has 2 aromatic rings. The normalized spacial score (nSPS) is 11.1. The van der Waals surface area contributed by atoms with Gasteiger partial charge < -0.3 is 10.6 Å². The average molecular weight is 405 g/mol. The van der Waals surface area contributed by atoms with Crippen LogP contribution in [0.1, 0.15) is 38.7 Å². The quantitative estimate of drug-likeness (QED) is 0.660. The first kappa shape index (κ1) is 21.5. The van der Waals surface area contributed by atoms with Crippen molar-refractivity contribution in [1.29, 1.82) is 0 Å². The van der Waals surface area contributed by atoms with E-state index in [-0.39, 0.29) is 18.1 Å². The van der Waals surface area contributed by atoms with Crippen LogP contribution in [0.25, 0.3) is 6.08 Å². The van der Waals surface area contributed by atoms with Crippen LogP contribution in [0.4, 0.5) is 11.5 Å². The zero-order valence-electron chi connectivity index (χ0n) is 16.1. The summed E-state index contributed by atoms with van der Waals surface area (Å²) in [6.45, 7) is 4.54. The molecule has 8 heteroatoms. The van der Waals surface area contributed by atoms with Crippen LogP contribution in [0.2, 0.25) is 5.02 Å². The average Bonchev–Trinajstić information content (AvgIpc) is 2.65. The van der Waals surface area contributed by atoms with E-state index in [1.54, 1.807) is 24.3 Å². The lowest BCUT2D eigenvalue weighted by Gasteiger charge is -2.23. The molecule has 0 spiro atoms. The maximum absolute atomic E-state index is 12.8. The van der Waals surface area contributed by atoms with Crippen LogP contribution in [-0.4, -0.2) is 22.0 Å². The molecular formula is C20H25ClN4O3. The maximum Gasteiger partial charge on any atom is 0.330 e. The number of unbranched alkanes of at least 4 members (excludes halogenated alkanes) is 1. The summed E-state index contributed by atoms with van der Waals surface area (Å²) >= 11 is 5.96. The van der Waals surface area contributed by atoms with Crippen molar-refractivity contribution in [3.8, 4) is 0 Å². The number of halogens is 1. The molecule has 0 bridgehead atoms. The van der Waals surface area contributed by atoms with E-state index < -0.39 is 17.2 Å². The molecule has 28 heavy (non-hydrogen) atoms. The Morgan fingerprint density at radius 3 is 2.68 bits per heavy atom. The summed E-state index contributed by atoms with van der Waals surface area (Å²) < 4.78 is 1.30. The molecule has 2 rings (SSSR count). The van der Waals surface area contributed by atoms with Crippen molar-refractivity contribution >= 4 is 35.1 Å². The first-order chi connectivity index (χ1) is 13.4. The number of nitrogens with zero attached hydrogens (tertiary/aromatic N) is 2.